The van der Waals surface area contributed by atoms with Crippen LogP contribution in [0.3, 0.4) is 0 Å². The Bertz CT molecular complexity index is 473. The first kappa shape index (κ1) is 10.4. The molecule has 2 aromatic heterocycles. The third-order valence-corrected chi connectivity index (χ3v) is 3.13. The van der Waals surface area contributed by atoms with E-state index in [9.17, 15) is 0 Å². The summed E-state index contributed by atoms with van der Waals surface area (Å²) in [5, 5.41) is 3.36. The van der Waals surface area contributed by atoms with E-state index in [4.69, 9.17) is 0 Å². The summed E-state index contributed by atoms with van der Waals surface area (Å²) < 4.78 is 0. The zero-order chi connectivity index (χ0) is 11.5. The second-order valence-corrected chi connectivity index (χ2v) is 4.28. The molecule has 0 bridgehead atoms. The number of piperidine rings is 1. The molecule has 3 heterocycles. The first-order valence-corrected chi connectivity index (χ1v) is 5.96. The average molecular weight is 229 g/mol. The molecule has 1 fully saturated rings. The van der Waals surface area contributed by atoms with E-state index >= 15 is 0 Å². The highest BCUT2D eigenvalue weighted by molar-refractivity contribution is 5.47. The van der Waals surface area contributed by atoms with Crippen LogP contribution in [-0.4, -0.2) is 33.0 Å². The number of aromatic amines is 1. The molecule has 2 N–H and O–H groups in total. The fourth-order valence-corrected chi connectivity index (χ4v) is 2.19. The van der Waals surface area contributed by atoms with E-state index in [-0.39, 0.29) is 0 Å². The molecule has 5 heteroatoms. The Balaban J connectivity index is 1.83. The number of hydrogen-bond acceptors (Lipinski definition) is 4. The molecule has 0 aliphatic carbocycles. The fraction of sp³-hybridized carbons (Fsp3) is 0.417. The van der Waals surface area contributed by atoms with Crippen molar-refractivity contribution in [3.05, 3.63) is 30.5 Å². The van der Waals surface area contributed by atoms with Gasteiger partial charge >= 0.3 is 0 Å². The first-order chi connectivity index (χ1) is 8.43. The van der Waals surface area contributed by atoms with Crippen LogP contribution >= 0.6 is 0 Å². The summed E-state index contributed by atoms with van der Waals surface area (Å²) in [6, 6.07) is 1.81. The second-order valence-electron chi connectivity index (χ2n) is 4.28. The molecule has 0 amide bonds. The molecule has 0 unspecified atom stereocenters. The van der Waals surface area contributed by atoms with Crippen LogP contribution in [0.25, 0.3) is 11.5 Å². The van der Waals surface area contributed by atoms with Gasteiger partial charge in [0, 0.05) is 18.3 Å². The Morgan fingerprint density at radius 1 is 1.06 bits per heavy atom. The van der Waals surface area contributed by atoms with Crippen molar-refractivity contribution in [2.75, 3.05) is 13.1 Å². The Morgan fingerprint density at radius 2 is 1.82 bits per heavy atom. The zero-order valence-electron chi connectivity index (χ0n) is 9.56. The maximum absolute atomic E-state index is 4.45. The van der Waals surface area contributed by atoms with E-state index in [0.29, 0.717) is 11.7 Å². The van der Waals surface area contributed by atoms with E-state index in [1.807, 2.05) is 12.3 Å². The molecule has 3 rings (SSSR count). The average Bonchev–Trinajstić information content (AvgIpc) is 2.90. The predicted octanol–water partition coefficient (Wildman–Crippen LogP) is 1.33. The van der Waals surface area contributed by atoms with Crippen molar-refractivity contribution in [2.24, 2.45) is 0 Å². The van der Waals surface area contributed by atoms with E-state index in [1.165, 1.54) is 0 Å². The minimum atomic E-state index is 0.536. The van der Waals surface area contributed by atoms with Crippen LogP contribution in [-0.2, 0) is 0 Å². The lowest BCUT2D eigenvalue weighted by Crippen LogP contribution is -2.27. The van der Waals surface area contributed by atoms with Gasteiger partial charge in [0.15, 0.2) is 5.82 Å². The van der Waals surface area contributed by atoms with Crippen LogP contribution in [0.4, 0.5) is 0 Å². The highest BCUT2D eigenvalue weighted by Crippen LogP contribution is 2.24. The highest BCUT2D eigenvalue weighted by atomic mass is 15.0. The van der Waals surface area contributed by atoms with Gasteiger partial charge in [-0.15, -0.1) is 0 Å². The first-order valence-electron chi connectivity index (χ1n) is 5.96. The normalized spacial score (nSPS) is 17.2. The molecule has 17 heavy (non-hydrogen) atoms. The minimum Gasteiger partial charge on any atom is -0.339 e. The molecule has 0 spiro atoms. The van der Waals surface area contributed by atoms with E-state index in [1.54, 1.807) is 12.4 Å². The smallest absolute Gasteiger partial charge is 0.177 e. The summed E-state index contributed by atoms with van der Waals surface area (Å²) in [6.45, 7) is 2.14. The molecule has 0 saturated carbocycles. The Morgan fingerprint density at radius 3 is 2.59 bits per heavy atom. The maximum atomic E-state index is 4.45. The van der Waals surface area contributed by atoms with Crippen LogP contribution in [0.2, 0.25) is 0 Å². The molecular weight excluding hydrogens is 214 g/mol. The number of nitrogens with one attached hydrogen (secondary N) is 2. The standard InChI is InChI=1S/C12H15N5/c1-4-14-12(15-5-1)10-8-16-11(17-10)9-2-6-13-7-3-9/h1,4-5,8-9,13H,2-3,6-7H2,(H,16,17). The lowest BCUT2D eigenvalue weighted by atomic mass is 9.98. The quantitative estimate of drug-likeness (QED) is 0.815. The molecule has 1 aliphatic heterocycles. The lowest BCUT2D eigenvalue weighted by molar-refractivity contribution is 0.447. The van der Waals surface area contributed by atoms with Crippen molar-refractivity contribution in [1.82, 2.24) is 25.3 Å². The van der Waals surface area contributed by atoms with Crippen molar-refractivity contribution < 1.29 is 0 Å². The second kappa shape index (κ2) is 4.63. The van der Waals surface area contributed by atoms with Crippen LogP contribution in [0, 0.1) is 0 Å². The van der Waals surface area contributed by atoms with Gasteiger partial charge in [0.2, 0.25) is 0 Å². The number of hydrogen-bond donors (Lipinski definition) is 2. The number of imidazole rings is 1. The van der Waals surface area contributed by atoms with Gasteiger partial charge in [0.1, 0.15) is 11.5 Å². The number of nitrogens with zero attached hydrogens (tertiary/aromatic N) is 3. The summed E-state index contributed by atoms with van der Waals surface area (Å²) in [6.07, 6.45) is 7.60. The molecule has 0 aromatic carbocycles. The van der Waals surface area contributed by atoms with Crippen molar-refractivity contribution in [2.45, 2.75) is 18.8 Å². The largest absolute Gasteiger partial charge is 0.339 e. The van der Waals surface area contributed by atoms with Crippen molar-refractivity contribution in [1.29, 1.82) is 0 Å². The summed E-state index contributed by atoms with van der Waals surface area (Å²) in [5.74, 6) is 2.31. The Kier molecular flexibility index (Phi) is 2.83. The van der Waals surface area contributed by atoms with Crippen molar-refractivity contribution >= 4 is 0 Å². The van der Waals surface area contributed by atoms with E-state index in [0.717, 1.165) is 37.4 Å². The summed E-state index contributed by atoms with van der Waals surface area (Å²) >= 11 is 0. The third kappa shape index (κ3) is 2.19. The lowest BCUT2D eigenvalue weighted by Gasteiger charge is -2.20. The van der Waals surface area contributed by atoms with E-state index in [2.05, 4.69) is 25.3 Å². The molecular formula is C12H15N5. The molecule has 0 radical (unpaired) electrons. The van der Waals surface area contributed by atoms with Crippen LogP contribution in [0.5, 0.6) is 0 Å². The SMILES string of the molecule is c1cnc(-c2cnc(C3CCNCC3)[nH]2)nc1. The van der Waals surface area contributed by atoms with Crippen molar-refractivity contribution in [3.63, 3.8) is 0 Å². The maximum Gasteiger partial charge on any atom is 0.177 e. The Hall–Kier alpha value is -1.75. The summed E-state index contributed by atoms with van der Waals surface area (Å²) in [5.41, 5.74) is 0.902. The monoisotopic (exact) mass is 229 g/mol. The van der Waals surface area contributed by atoms with Crippen molar-refractivity contribution in [3.8, 4) is 11.5 Å². The predicted molar refractivity (Wildman–Crippen MR) is 64.5 cm³/mol. The van der Waals surface area contributed by atoms with Crippen LogP contribution in [0.15, 0.2) is 24.7 Å². The molecule has 2 aromatic rings. The van der Waals surface area contributed by atoms with Gasteiger partial charge in [0.25, 0.3) is 0 Å². The van der Waals surface area contributed by atoms with Gasteiger partial charge in [-0.05, 0) is 32.0 Å². The fourth-order valence-electron chi connectivity index (χ4n) is 2.19. The topological polar surface area (TPSA) is 66.5 Å². The van der Waals surface area contributed by atoms with E-state index < -0.39 is 0 Å². The van der Waals surface area contributed by atoms with Gasteiger partial charge in [-0.3, -0.25) is 0 Å². The summed E-state index contributed by atoms with van der Waals surface area (Å²) in [7, 11) is 0. The van der Waals surface area contributed by atoms with Gasteiger partial charge < -0.3 is 10.3 Å². The molecule has 0 atom stereocenters. The number of rotatable bonds is 2. The zero-order valence-corrected chi connectivity index (χ0v) is 9.56. The minimum absolute atomic E-state index is 0.536. The molecule has 88 valence electrons. The number of aromatic nitrogens is 4. The van der Waals surface area contributed by atoms with Crippen LogP contribution in [0.1, 0.15) is 24.6 Å². The van der Waals surface area contributed by atoms with Gasteiger partial charge in [0.05, 0.1) is 6.20 Å². The van der Waals surface area contributed by atoms with Gasteiger partial charge in [-0.1, -0.05) is 0 Å². The molecule has 1 aliphatic rings. The van der Waals surface area contributed by atoms with Gasteiger partial charge in [-0.2, -0.15) is 0 Å². The Labute approximate surface area is 99.7 Å². The third-order valence-electron chi connectivity index (χ3n) is 3.13. The molecule has 1 saturated heterocycles. The van der Waals surface area contributed by atoms with Crippen LogP contribution < -0.4 is 5.32 Å². The van der Waals surface area contributed by atoms with Gasteiger partial charge in [-0.25, -0.2) is 15.0 Å². The highest BCUT2D eigenvalue weighted by Gasteiger charge is 2.18. The molecule has 5 nitrogen and oxygen atoms in total. The number of H-pyrrole nitrogens is 1. The summed E-state index contributed by atoms with van der Waals surface area (Å²) in [4.78, 5) is 16.2.